The Morgan fingerprint density at radius 1 is 1.38 bits per heavy atom. The van der Waals surface area contributed by atoms with Crippen LogP contribution in [0.5, 0.6) is 6.01 Å². The van der Waals surface area contributed by atoms with E-state index in [1.165, 1.54) is 0 Å². The van der Waals surface area contributed by atoms with Gasteiger partial charge in [-0.1, -0.05) is 0 Å². The number of halogens is 1. The third-order valence-electron chi connectivity index (χ3n) is 3.76. The van der Waals surface area contributed by atoms with Gasteiger partial charge in [0.15, 0.2) is 5.82 Å². The van der Waals surface area contributed by atoms with Gasteiger partial charge in [0.2, 0.25) is 0 Å². The summed E-state index contributed by atoms with van der Waals surface area (Å²) in [7, 11) is 0. The molecule has 7 heteroatoms. The summed E-state index contributed by atoms with van der Waals surface area (Å²) in [5.74, 6) is -0.0317. The van der Waals surface area contributed by atoms with Crippen LogP contribution in [0.25, 0.3) is 0 Å². The molecule has 0 aliphatic carbocycles. The average molecular weight is 339 g/mol. The molecular formula is C17H26FN3O3. The minimum absolute atomic E-state index is 0.190. The second kappa shape index (κ2) is 8.26. The summed E-state index contributed by atoms with van der Waals surface area (Å²) in [6.45, 7) is 7.59. The monoisotopic (exact) mass is 339 g/mol. The van der Waals surface area contributed by atoms with Crippen molar-refractivity contribution < 1.29 is 18.7 Å². The van der Waals surface area contributed by atoms with Crippen molar-refractivity contribution in [2.24, 2.45) is 5.92 Å². The van der Waals surface area contributed by atoms with E-state index in [9.17, 15) is 9.18 Å². The van der Waals surface area contributed by atoms with Crippen LogP contribution < -0.4 is 4.74 Å². The zero-order valence-electron chi connectivity index (χ0n) is 14.6. The van der Waals surface area contributed by atoms with E-state index in [2.05, 4.69) is 9.97 Å². The summed E-state index contributed by atoms with van der Waals surface area (Å²) in [5, 5.41) is 0. The highest BCUT2D eigenvalue weighted by molar-refractivity contribution is 5.68. The number of nitrogens with zero attached hydrogens (tertiary/aromatic N) is 3. The standard InChI is InChI=1S/C17H26FN3O3/c1-17(2,3)24-16(22)21-8-4-6-13(12-21)7-5-9-23-15-19-10-14(18)11-20-15/h10-11,13H,4-9,12H2,1-3H3. The Bertz CT molecular complexity index is 531. The van der Waals surface area contributed by atoms with E-state index in [0.29, 0.717) is 12.5 Å². The Kier molecular flexibility index (Phi) is 6.34. The molecule has 0 bridgehead atoms. The molecule has 0 N–H and O–H groups in total. The Morgan fingerprint density at radius 3 is 2.75 bits per heavy atom. The number of carbonyl (C=O) groups excluding carboxylic acids is 1. The van der Waals surface area contributed by atoms with Gasteiger partial charge in [-0.2, -0.15) is 0 Å². The number of amides is 1. The molecule has 0 aromatic carbocycles. The molecule has 1 atom stereocenters. The maximum absolute atomic E-state index is 12.7. The molecule has 24 heavy (non-hydrogen) atoms. The van der Waals surface area contributed by atoms with E-state index in [1.54, 1.807) is 4.90 Å². The van der Waals surface area contributed by atoms with Crippen LogP contribution in [0.3, 0.4) is 0 Å². The highest BCUT2D eigenvalue weighted by atomic mass is 19.1. The average Bonchev–Trinajstić information content (AvgIpc) is 2.52. The van der Waals surface area contributed by atoms with E-state index in [1.807, 2.05) is 20.8 Å². The summed E-state index contributed by atoms with van der Waals surface area (Å²) in [5.41, 5.74) is -0.465. The fourth-order valence-corrected chi connectivity index (χ4v) is 2.70. The fourth-order valence-electron chi connectivity index (χ4n) is 2.70. The quantitative estimate of drug-likeness (QED) is 0.769. The van der Waals surface area contributed by atoms with E-state index < -0.39 is 11.4 Å². The highest BCUT2D eigenvalue weighted by Gasteiger charge is 2.27. The first-order valence-corrected chi connectivity index (χ1v) is 8.42. The molecule has 1 aromatic rings. The summed E-state index contributed by atoms with van der Waals surface area (Å²) in [6, 6.07) is 0.190. The second-order valence-electron chi connectivity index (χ2n) is 7.11. The van der Waals surface area contributed by atoms with Crippen molar-refractivity contribution in [3.8, 4) is 6.01 Å². The lowest BCUT2D eigenvalue weighted by molar-refractivity contribution is 0.0159. The molecule has 2 heterocycles. The molecule has 1 aromatic heterocycles. The van der Waals surface area contributed by atoms with Crippen LogP contribution in [0.15, 0.2) is 12.4 Å². The predicted octanol–water partition coefficient (Wildman–Crippen LogP) is 3.42. The molecular weight excluding hydrogens is 313 g/mol. The topological polar surface area (TPSA) is 64.5 Å². The lowest BCUT2D eigenvalue weighted by Crippen LogP contribution is -2.42. The number of hydrogen-bond donors (Lipinski definition) is 0. The van der Waals surface area contributed by atoms with Gasteiger partial charge in [0.1, 0.15) is 5.60 Å². The van der Waals surface area contributed by atoms with Crippen molar-refractivity contribution in [3.63, 3.8) is 0 Å². The van der Waals surface area contributed by atoms with E-state index >= 15 is 0 Å². The van der Waals surface area contributed by atoms with Crippen molar-refractivity contribution in [2.45, 2.75) is 52.1 Å². The molecule has 1 unspecified atom stereocenters. The van der Waals surface area contributed by atoms with Crippen LogP contribution in [-0.4, -0.2) is 46.3 Å². The van der Waals surface area contributed by atoms with Gasteiger partial charge in [-0.05, 0) is 52.4 Å². The van der Waals surface area contributed by atoms with Gasteiger partial charge >= 0.3 is 12.1 Å². The number of carbonyl (C=O) groups is 1. The molecule has 134 valence electrons. The van der Waals surface area contributed by atoms with Gasteiger partial charge in [0, 0.05) is 13.1 Å². The zero-order chi connectivity index (χ0) is 17.6. The lowest BCUT2D eigenvalue weighted by atomic mass is 9.94. The maximum Gasteiger partial charge on any atom is 0.410 e. The van der Waals surface area contributed by atoms with E-state index in [0.717, 1.165) is 51.2 Å². The molecule has 0 radical (unpaired) electrons. The van der Waals surface area contributed by atoms with Gasteiger partial charge in [-0.25, -0.2) is 19.2 Å². The second-order valence-corrected chi connectivity index (χ2v) is 7.11. The maximum atomic E-state index is 12.7. The number of hydrogen-bond acceptors (Lipinski definition) is 5. The molecule has 2 rings (SSSR count). The number of rotatable bonds is 5. The molecule has 1 aliphatic rings. The van der Waals surface area contributed by atoms with Gasteiger partial charge in [0.05, 0.1) is 19.0 Å². The third kappa shape index (κ3) is 6.29. The van der Waals surface area contributed by atoms with Gasteiger partial charge in [0.25, 0.3) is 0 Å². The Labute approximate surface area is 142 Å². The first kappa shape index (κ1) is 18.4. The molecule has 6 nitrogen and oxygen atoms in total. The highest BCUT2D eigenvalue weighted by Crippen LogP contribution is 2.22. The summed E-state index contributed by atoms with van der Waals surface area (Å²) in [4.78, 5) is 21.4. The number of ether oxygens (including phenoxy) is 2. The third-order valence-corrected chi connectivity index (χ3v) is 3.76. The van der Waals surface area contributed by atoms with E-state index in [-0.39, 0.29) is 12.1 Å². The van der Waals surface area contributed by atoms with Crippen molar-refractivity contribution in [3.05, 3.63) is 18.2 Å². The summed E-state index contributed by atoms with van der Waals surface area (Å²) < 4.78 is 23.5. The number of likely N-dealkylation sites (tertiary alicyclic amines) is 1. The van der Waals surface area contributed by atoms with E-state index in [4.69, 9.17) is 9.47 Å². The molecule has 1 aliphatic heterocycles. The van der Waals surface area contributed by atoms with Crippen LogP contribution in [0.4, 0.5) is 9.18 Å². The number of piperidine rings is 1. The molecule has 0 saturated carbocycles. The van der Waals surface area contributed by atoms with Crippen LogP contribution in [0.1, 0.15) is 46.5 Å². The Morgan fingerprint density at radius 2 is 2.08 bits per heavy atom. The summed E-state index contributed by atoms with van der Waals surface area (Å²) in [6.07, 6.45) is 5.83. The minimum Gasteiger partial charge on any atom is -0.463 e. The van der Waals surface area contributed by atoms with Crippen molar-refractivity contribution in [1.29, 1.82) is 0 Å². The van der Waals surface area contributed by atoms with Gasteiger partial charge < -0.3 is 14.4 Å². The van der Waals surface area contributed by atoms with Crippen LogP contribution >= 0.6 is 0 Å². The molecule has 1 saturated heterocycles. The Hall–Kier alpha value is -1.92. The summed E-state index contributed by atoms with van der Waals surface area (Å²) >= 11 is 0. The van der Waals surface area contributed by atoms with Crippen LogP contribution in [0.2, 0.25) is 0 Å². The first-order valence-electron chi connectivity index (χ1n) is 8.42. The van der Waals surface area contributed by atoms with Crippen LogP contribution in [-0.2, 0) is 4.74 Å². The molecule has 1 fully saturated rings. The molecule has 0 spiro atoms. The number of aromatic nitrogens is 2. The first-order chi connectivity index (χ1) is 11.3. The largest absolute Gasteiger partial charge is 0.463 e. The molecule has 1 amide bonds. The van der Waals surface area contributed by atoms with Crippen molar-refractivity contribution in [2.75, 3.05) is 19.7 Å². The van der Waals surface area contributed by atoms with Crippen molar-refractivity contribution in [1.82, 2.24) is 14.9 Å². The smallest absolute Gasteiger partial charge is 0.410 e. The fraction of sp³-hybridized carbons (Fsp3) is 0.706. The Balaban J connectivity index is 1.69. The predicted molar refractivity (Wildman–Crippen MR) is 87.3 cm³/mol. The van der Waals surface area contributed by atoms with Gasteiger partial charge in [-0.15, -0.1) is 0 Å². The lowest BCUT2D eigenvalue weighted by Gasteiger charge is -2.34. The van der Waals surface area contributed by atoms with Crippen molar-refractivity contribution >= 4 is 6.09 Å². The SMILES string of the molecule is CC(C)(C)OC(=O)N1CCCC(CCCOc2ncc(F)cn2)C1. The minimum atomic E-state index is -0.480. The normalized spacial score (nSPS) is 18.3. The zero-order valence-corrected chi connectivity index (χ0v) is 14.6. The van der Waals surface area contributed by atoms with Gasteiger partial charge in [-0.3, -0.25) is 0 Å². The van der Waals surface area contributed by atoms with Crippen LogP contribution in [0, 0.1) is 11.7 Å².